The number of aryl methyl sites for hydroxylation is 1. The number of nitrogens with one attached hydrogen (secondary N) is 2. The van der Waals surface area contributed by atoms with Crippen LogP contribution in [-0.4, -0.2) is 9.97 Å². The molecule has 0 radical (unpaired) electrons. The lowest BCUT2D eigenvalue weighted by molar-refractivity contribution is 1.31. The molecule has 3 heteroatoms. The minimum absolute atomic E-state index is 0.0585. The van der Waals surface area contributed by atoms with Gasteiger partial charge >= 0.3 is 0 Å². The van der Waals surface area contributed by atoms with E-state index in [0.717, 1.165) is 21.9 Å². The zero-order chi connectivity index (χ0) is 10.4. The highest BCUT2D eigenvalue weighted by molar-refractivity contribution is 6.05. The normalized spacial score (nSPS) is 11.3. The van der Waals surface area contributed by atoms with Crippen LogP contribution in [0.4, 0.5) is 0 Å². The zero-order valence-corrected chi connectivity index (χ0v) is 8.29. The number of rotatable bonds is 0. The first kappa shape index (κ1) is 8.29. The Bertz CT molecular complexity index is 706. The fraction of sp³-hybridized carbons (Fsp3) is 0.0833. The average Bonchev–Trinajstić information content (AvgIpc) is 2.62. The van der Waals surface area contributed by atoms with Crippen molar-refractivity contribution in [2.45, 2.75) is 6.92 Å². The number of para-hydroxylation sites is 1. The van der Waals surface area contributed by atoms with Gasteiger partial charge in [-0.3, -0.25) is 4.79 Å². The van der Waals surface area contributed by atoms with Gasteiger partial charge < -0.3 is 9.97 Å². The van der Waals surface area contributed by atoms with E-state index in [9.17, 15) is 4.79 Å². The van der Waals surface area contributed by atoms with Crippen molar-refractivity contribution in [1.29, 1.82) is 0 Å². The van der Waals surface area contributed by atoms with Crippen molar-refractivity contribution in [3.63, 3.8) is 0 Å². The van der Waals surface area contributed by atoms with Gasteiger partial charge in [0.2, 0.25) is 0 Å². The van der Waals surface area contributed by atoms with Crippen LogP contribution in [0, 0.1) is 6.92 Å². The smallest absolute Gasteiger partial charge is 0.272 e. The third-order valence-corrected chi connectivity index (χ3v) is 2.75. The summed E-state index contributed by atoms with van der Waals surface area (Å²) in [5, 5.41) is 2.11. The molecule has 0 saturated heterocycles. The van der Waals surface area contributed by atoms with E-state index in [1.165, 1.54) is 0 Å². The van der Waals surface area contributed by atoms with Gasteiger partial charge in [0, 0.05) is 22.5 Å². The van der Waals surface area contributed by atoms with Gasteiger partial charge in [-0.25, -0.2) is 0 Å². The van der Waals surface area contributed by atoms with Crippen LogP contribution in [-0.2, 0) is 0 Å². The van der Waals surface area contributed by atoms with Crippen LogP contribution in [0.15, 0.2) is 35.3 Å². The van der Waals surface area contributed by atoms with E-state index < -0.39 is 0 Å². The summed E-state index contributed by atoms with van der Waals surface area (Å²) in [4.78, 5) is 17.6. The van der Waals surface area contributed by atoms with Crippen LogP contribution >= 0.6 is 0 Å². The lowest BCUT2D eigenvalue weighted by Gasteiger charge is -1.99. The fourth-order valence-electron chi connectivity index (χ4n) is 2.04. The Kier molecular flexibility index (Phi) is 1.51. The van der Waals surface area contributed by atoms with Crippen LogP contribution in [0.3, 0.4) is 0 Å². The Balaban J connectivity index is 2.74. The molecule has 0 aliphatic carbocycles. The molecule has 2 aromatic heterocycles. The Morgan fingerprint density at radius 2 is 2.00 bits per heavy atom. The molecule has 15 heavy (non-hydrogen) atoms. The molecule has 2 N–H and O–H groups in total. The van der Waals surface area contributed by atoms with E-state index in [-0.39, 0.29) is 5.56 Å². The summed E-state index contributed by atoms with van der Waals surface area (Å²) in [6.07, 6.45) is 1.87. The van der Waals surface area contributed by atoms with Crippen molar-refractivity contribution in [3.05, 3.63) is 46.4 Å². The Morgan fingerprint density at radius 1 is 1.20 bits per heavy atom. The lowest BCUT2D eigenvalue weighted by Crippen LogP contribution is -2.05. The topological polar surface area (TPSA) is 48.6 Å². The molecule has 0 unspecified atom stereocenters. The van der Waals surface area contributed by atoms with Crippen LogP contribution in [0.1, 0.15) is 5.56 Å². The first-order chi connectivity index (χ1) is 7.27. The molecule has 1 aromatic carbocycles. The summed E-state index contributed by atoms with van der Waals surface area (Å²) in [6.45, 7) is 2.00. The number of pyridine rings is 1. The van der Waals surface area contributed by atoms with Crippen molar-refractivity contribution in [2.75, 3.05) is 0 Å². The molecule has 3 aromatic rings. The van der Waals surface area contributed by atoms with Crippen LogP contribution in [0.25, 0.3) is 21.8 Å². The fourth-order valence-corrected chi connectivity index (χ4v) is 2.04. The maximum absolute atomic E-state index is 11.7. The largest absolute Gasteiger partial charge is 0.356 e. The van der Waals surface area contributed by atoms with Gasteiger partial charge in [0.05, 0.1) is 0 Å². The predicted octanol–water partition coefficient (Wildman–Crippen LogP) is 2.32. The predicted molar refractivity (Wildman–Crippen MR) is 61.2 cm³/mol. The van der Waals surface area contributed by atoms with E-state index in [1.54, 1.807) is 0 Å². The second-order valence-corrected chi connectivity index (χ2v) is 3.72. The molecule has 3 nitrogen and oxygen atoms in total. The number of hydrogen-bond donors (Lipinski definition) is 2. The first-order valence-corrected chi connectivity index (χ1v) is 4.86. The number of benzene rings is 1. The highest BCUT2D eigenvalue weighted by atomic mass is 16.1. The summed E-state index contributed by atoms with van der Waals surface area (Å²) < 4.78 is 0. The van der Waals surface area contributed by atoms with Crippen molar-refractivity contribution in [3.8, 4) is 0 Å². The molecule has 74 valence electrons. The molecule has 0 fully saturated rings. The quantitative estimate of drug-likeness (QED) is 0.572. The van der Waals surface area contributed by atoms with Crippen molar-refractivity contribution >= 4 is 21.8 Å². The standard InChI is InChI=1S/C12H10N2O/c1-7-6-13-11-10(7)8-4-2-3-5-9(8)14-12(11)15/h2-6,13H,1H3,(H,14,15). The Labute approximate surface area is 85.8 Å². The molecular formula is C12H10N2O. The Morgan fingerprint density at radius 3 is 2.87 bits per heavy atom. The van der Waals surface area contributed by atoms with Gasteiger partial charge in [-0.15, -0.1) is 0 Å². The summed E-state index contributed by atoms with van der Waals surface area (Å²) in [6, 6.07) is 7.84. The maximum Gasteiger partial charge on any atom is 0.272 e. The molecular weight excluding hydrogens is 188 g/mol. The second kappa shape index (κ2) is 2.73. The SMILES string of the molecule is Cc1c[nH]c2c(=O)[nH]c3ccccc3c12. The van der Waals surface area contributed by atoms with Crippen molar-refractivity contribution in [1.82, 2.24) is 9.97 Å². The van der Waals surface area contributed by atoms with Gasteiger partial charge in [0.25, 0.3) is 5.56 Å². The summed E-state index contributed by atoms with van der Waals surface area (Å²) >= 11 is 0. The van der Waals surface area contributed by atoms with E-state index >= 15 is 0 Å². The lowest BCUT2D eigenvalue weighted by atomic mass is 10.1. The number of aromatic nitrogens is 2. The molecule has 0 aliphatic heterocycles. The molecule has 0 atom stereocenters. The highest BCUT2D eigenvalue weighted by Crippen LogP contribution is 2.23. The van der Waals surface area contributed by atoms with Crippen LogP contribution in [0.2, 0.25) is 0 Å². The second-order valence-electron chi connectivity index (χ2n) is 3.72. The average molecular weight is 198 g/mol. The summed E-state index contributed by atoms with van der Waals surface area (Å²) in [5.74, 6) is 0. The van der Waals surface area contributed by atoms with E-state index in [2.05, 4.69) is 9.97 Å². The number of hydrogen-bond acceptors (Lipinski definition) is 1. The van der Waals surface area contributed by atoms with Gasteiger partial charge in [-0.2, -0.15) is 0 Å². The molecule has 2 heterocycles. The summed E-state index contributed by atoms with van der Waals surface area (Å²) in [7, 11) is 0. The minimum Gasteiger partial charge on any atom is -0.356 e. The van der Waals surface area contributed by atoms with Crippen LogP contribution < -0.4 is 5.56 Å². The highest BCUT2D eigenvalue weighted by Gasteiger charge is 2.07. The van der Waals surface area contributed by atoms with Gasteiger partial charge in [-0.05, 0) is 18.6 Å². The minimum atomic E-state index is -0.0585. The van der Waals surface area contributed by atoms with Crippen molar-refractivity contribution in [2.24, 2.45) is 0 Å². The molecule has 0 amide bonds. The van der Waals surface area contributed by atoms with Crippen LogP contribution in [0.5, 0.6) is 0 Å². The maximum atomic E-state index is 11.7. The molecule has 3 rings (SSSR count). The number of H-pyrrole nitrogens is 2. The monoisotopic (exact) mass is 198 g/mol. The molecule has 0 spiro atoms. The summed E-state index contributed by atoms with van der Waals surface area (Å²) in [5.41, 5.74) is 2.59. The van der Waals surface area contributed by atoms with Crippen molar-refractivity contribution < 1.29 is 0 Å². The molecule has 0 saturated carbocycles. The van der Waals surface area contributed by atoms with E-state index in [1.807, 2.05) is 37.4 Å². The zero-order valence-electron chi connectivity index (χ0n) is 8.29. The molecule has 0 aliphatic rings. The number of fused-ring (bicyclic) bond motifs is 3. The van der Waals surface area contributed by atoms with Gasteiger partial charge in [-0.1, -0.05) is 18.2 Å². The van der Waals surface area contributed by atoms with Gasteiger partial charge in [0.1, 0.15) is 5.52 Å². The third kappa shape index (κ3) is 1.03. The molecule has 0 bridgehead atoms. The van der Waals surface area contributed by atoms with E-state index in [4.69, 9.17) is 0 Å². The Hall–Kier alpha value is -2.03. The third-order valence-electron chi connectivity index (χ3n) is 2.75. The van der Waals surface area contributed by atoms with E-state index in [0.29, 0.717) is 5.52 Å². The first-order valence-electron chi connectivity index (χ1n) is 4.86. The number of aromatic amines is 2. The van der Waals surface area contributed by atoms with Gasteiger partial charge in [0.15, 0.2) is 0 Å².